The minimum absolute atomic E-state index is 0.331. The molecular weight excluding hydrogens is 326 g/mol. The summed E-state index contributed by atoms with van der Waals surface area (Å²) in [5, 5.41) is 0.756. The van der Waals surface area contributed by atoms with Crippen LogP contribution in [0.15, 0.2) is 42.6 Å². The van der Waals surface area contributed by atoms with Gasteiger partial charge in [-0.05, 0) is 37.3 Å². The van der Waals surface area contributed by atoms with E-state index in [0.717, 1.165) is 42.7 Å². The van der Waals surface area contributed by atoms with E-state index >= 15 is 0 Å². The standard InChI is InChI=1S/C18H20ClN3O2/c1-2-24-18(23)14-6-7-17(20-13-14)22-10-8-21(9-11-22)16-5-3-4-15(19)12-16/h3-7,12-13H,2,8-11H2,1H3. The third-order valence-corrected chi connectivity index (χ3v) is 4.27. The van der Waals surface area contributed by atoms with E-state index in [2.05, 4.69) is 20.9 Å². The van der Waals surface area contributed by atoms with E-state index in [9.17, 15) is 4.79 Å². The van der Waals surface area contributed by atoms with Gasteiger partial charge in [-0.15, -0.1) is 0 Å². The Kier molecular flexibility index (Phi) is 5.20. The minimum atomic E-state index is -0.331. The summed E-state index contributed by atoms with van der Waals surface area (Å²) in [6.07, 6.45) is 1.58. The van der Waals surface area contributed by atoms with Crippen LogP contribution < -0.4 is 9.80 Å². The summed E-state index contributed by atoms with van der Waals surface area (Å²) in [5.74, 6) is 0.552. The second kappa shape index (κ2) is 7.53. The van der Waals surface area contributed by atoms with Crippen LogP contribution in [-0.2, 0) is 4.74 Å². The zero-order valence-electron chi connectivity index (χ0n) is 13.6. The average Bonchev–Trinajstić information content (AvgIpc) is 2.62. The number of hydrogen-bond donors (Lipinski definition) is 0. The Morgan fingerprint density at radius 1 is 1.17 bits per heavy atom. The summed E-state index contributed by atoms with van der Waals surface area (Å²) in [6, 6.07) is 11.6. The fourth-order valence-electron chi connectivity index (χ4n) is 2.77. The highest BCUT2D eigenvalue weighted by Gasteiger charge is 2.19. The quantitative estimate of drug-likeness (QED) is 0.796. The summed E-state index contributed by atoms with van der Waals surface area (Å²) in [4.78, 5) is 20.6. The lowest BCUT2D eigenvalue weighted by Gasteiger charge is -2.36. The summed E-state index contributed by atoms with van der Waals surface area (Å²) in [5.41, 5.74) is 1.63. The van der Waals surface area contributed by atoms with Gasteiger partial charge in [0, 0.05) is 43.1 Å². The Balaban J connectivity index is 1.61. The monoisotopic (exact) mass is 345 g/mol. The van der Waals surface area contributed by atoms with E-state index in [1.54, 1.807) is 19.2 Å². The predicted molar refractivity (Wildman–Crippen MR) is 96.1 cm³/mol. The number of anilines is 2. The minimum Gasteiger partial charge on any atom is -0.462 e. The number of carbonyl (C=O) groups excluding carboxylic acids is 1. The number of pyridine rings is 1. The number of ether oxygens (including phenoxy) is 1. The Morgan fingerprint density at radius 2 is 1.92 bits per heavy atom. The molecule has 0 radical (unpaired) electrons. The fraction of sp³-hybridized carbons (Fsp3) is 0.333. The molecular formula is C18H20ClN3O2. The Labute approximate surface area is 146 Å². The van der Waals surface area contributed by atoms with Gasteiger partial charge in [-0.25, -0.2) is 9.78 Å². The number of aromatic nitrogens is 1. The third-order valence-electron chi connectivity index (χ3n) is 4.04. The Bertz CT molecular complexity index is 698. The first-order valence-electron chi connectivity index (χ1n) is 8.06. The predicted octanol–water partition coefficient (Wildman–Crippen LogP) is 3.24. The average molecular weight is 346 g/mol. The molecule has 1 aliphatic heterocycles. The third kappa shape index (κ3) is 3.79. The van der Waals surface area contributed by atoms with E-state index in [-0.39, 0.29) is 5.97 Å². The van der Waals surface area contributed by atoms with Crippen molar-refractivity contribution in [2.75, 3.05) is 42.6 Å². The van der Waals surface area contributed by atoms with Crippen molar-refractivity contribution in [3.8, 4) is 0 Å². The Morgan fingerprint density at radius 3 is 2.54 bits per heavy atom. The molecule has 0 spiro atoms. The van der Waals surface area contributed by atoms with Crippen LogP contribution in [0.2, 0.25) is 5.02 Å². The molecule has 5 nitrogen and oxygen atoms in total. The van der Waals surface area contributed by atoms with Gasteiger partial charge in [0.15, 0.2) is 0 Å². The van der Waals surface area contributed by atoms with Crippen LogP contribution in [0.5, 0.6) is 0 Å². The van der Waals surface area contributed by atoms with Crippen molar-refractivity contribution in [2.45, 2.75) is 6.92 Å². The number of rotatable bonds is 4. The number of esters is 1. The van der Waals surface area contributed by atoms with Crippen molar-refractivity contribution < 1.29 is 9.53 Å². The van der Waals surface area contributed by atoms with Crippen molar-refractivity contribution in [1.82, 2.24) is 4.98 Å². The first-order valence-corrected chi connectivity index (χ1v) is 8.44. The van der Waals surface area contributed by atoms with Crippen LogP contribution in [0.25, 0.3) is 0 Å². The molecule has 3 rings (SSSR count). The summed E-state index contributed by atoms with van der Waals surface area (Å²) in [6.45, 7) is 5.71. The molecule has 6 heteroatoms. The number of nitrogens with zero attached hydrogens (tertiary/aromatic N) is 3. The molecule has 0 amide bonds. The molecule has 2 aromatic rings. The number of hydrogen-bond acceptors (Lipinski definition) is 5. The molecule has 0 N–H and O–H groups in total. The maximum atomic E-state index is 11.7. The first kappa shape index (κ1) is 16.6. The fourth-order valence-corrected chi connectivity index (χ4v) is 2.96. The first-order chi connectivity index (χ1) is 11.7. The van der Waals surface area contributed by atoms with Gasteiger partial charge in [0.05, 0.1) is 12.2 Å². The van der Waals surface area contributed by atoms with E-state index in [1.807, 2.05) is 24.3 Å². The van der Waals surface area contributed by atoms with Gasteiger partial charge in [-0.1, -0.05) is 17.7 Å². The van der Waals surface area contributed by atoms with Gasteiger partial charge in [0.2, 0.25) is 0 Å². The second-order valence-electron chi connectivity index (χ2n) is 5.58. The van der Waals surface area contributed by atoms with Gasteiger partial charge in [-0.3, -0.25) is 0 Å². The lowest BCUT2D eigenvalue weighted by Crippen LogP contribution is -2.46. The van der Waals surface area contributed by atoms with Crippen LogP contribution in [0.1, 0.15) is 17.3 Å². The zero-order chi connectivity index (χ0) is 16.9. The maximum Gasteiger partial charge on any atom is 0.339 e. The molecule has 126 valence electrons. The van der Waals surface area contributed by atoms with Crippen LogP contribution in [0.3, 0.4) is 0 Å². The van der Waals surface area contributed by atoms with Crippen molar-refractivity contribution in [1.29, 1.82) is 0 Å². The molecule has 1 aromatic carbocycles. The maximum absolute atomic E-state index is 11.7. The molecule has 0 unspecified atom stereocenters. The molecule has 0 saturated carbocycles. The molecule has 24 heavy (non-hydrogen) atoms. The van der Waals surface area contributed by atoms with Crippen LogP contribution in [0, 0.1) is 0 Å². The van der Waals surface area contributed by atoms with E-state index in [0.29, 0.717) is 12.2 Å². The van der Waals surface area contributed by atoms with E-state index < -0.39 is 0 Å². The molecule has 1 fully saturated rings. The molecule has 2 heterocycles. The number of piperazine rings is 1. The highest BCUT2D eigenvalue weighted by molar-refractivity contribution is 6.30. The van der Waals surface area contributed by atoms with E-state index in [4.69, 9.17) is 16.3 Å². The van der Waals surface area contributed by atoms with E-state index in [1.165, 1.54) is 0 Å². The van der Waals surface area contributed by atoms with Crippen LogP contribution in [0.4, 0.5) is 11.5 Å². The molecule has 0 aliphatic carbocycles. The lowest BCUT2D eigenvalue weighted by molar-refractivity contribution is 0.0526. The highest BCUT2D eigenvalue weighted by atomic mass is 35.5. The van der Waals surface area contributed by atoms with Gasteiger partial charge >= 0.3 is 5.97 Å². The topological polar surface area (TPSA) is 45.7 Å². The van der Waals surface area contributed by atoms with Gasteiger partial charge in [0.25, 0.3) is 0 Å². The molecule has 0 bridgehead atoms. The molecule has 1 saturated heterocycles. The van der Waals surface area contributed by atoms with Gasteiger partial charge in [0.1, 0.15) is 5.82 Å². The summed E-state index contributed by atoms with van der Waals surface area (Å²) < 4.78 is 4.98. The number of benzene rings is 1. The van der Waals surface area contributed by atoms with Gasteiger partial charge in [-0.2, -0.15) is 0 Å². The molecule has 1 aliphatic rings. The molecule has 0 atom stereocenters. The number of carbonyl (C=O) groups is 1. The van der Waals surface area contributed by atoms with Crippen LogP contribution in [-0.4, -0.2) is 43.7 Å². The van der Waals surface area contributed by atoms with Crippen molar-refractivity contribution in [3.05, 3.63) is 53.2 Å². The zero-order valence-corrected chi connectivity index (χ0v) is 14.4. The summed E-state index contributed by atoms with van der Waals surface area (Å²) >= 11 is 6.07. The van der Waals surface area contributed by atoms with Gasteiger partial charge < -0.3 is 14.5 Å². The van der Waals surface area contributed by atoms with Crippen molar-refractivity contribution >= 4 is 29.1 Å². The summed E-state index contributed by atoms with van der Waals surface area (Å²) in [7, 11) is 0. The smallest absolute Gasteiger partial charge is 0.339 e. The number of halogens is 1. The van der Waals surface area contributed by atoms with Crippen molar-refractivity contribution in [2.24, 2.45) is 0 Å². The Hall–Kier alpha value is -2.27. The van der Waals surface area contributed by atoms with Crippen molar-refractivity contribution in [3.63, 3.8) is 0 Å². The highest BCUT2D eigenvalue weighted by Crippen LogP contribution is 2.22. The largest absolute Gasteiger partial charge is 0.462 e. The molecule has 1 aromatic heterocycles. The normalized spacial score (nSPS) is 14.6. The van der Waals surface area contributed by atoms with Crippen LogP contribution >= 0.6 is 11.6 Å². The second-order valence-corrected chi connectivity index (χ2v) is 6.02. The SMILES string of the molecule is CCOC(=O)c1ccc(N2CCN(c3cccc(Cl)c3)CC2)nc1. The lowest BCUT2D eigenvalue weighted by atomic mass is 10.2.